The predicted octanol–water partition coefficient (Wildman–Crippen LogP) is 6.93. The smallest absolute Gasteiger partial charge is 0.0703 e. The third kappa shape index (κ3) is 3.91. The first-order valence-electron chi connectivity index (χ1n) is 10.8. The summed E-state index contributed by atoms with van der Waals surface area (Å²) in [5.74, 6) is 0. The molecule has 0 atom stereocenters. The van der Waals surface area contributed by atoms with Crippen molar-refractivity contribution in [1.29, 1.82) is 0 Å². The van der Waals surface area contributed by atoms with E-state index < -0.39 is 0 Å². The number of hydrazone groups is 1. The summed E-state index contributed by atoms with van der Waals surface area (Å²) in [5.41, 5.74) is 11.7. The predicted molar refractivity (Wildman–Crippen MR) is 130 cm³/mol. The molecule has 0 spiro atoms. The Hall–Kier alpha value is -3.59. The molecule has 0 fully saturated rings. The summed E-state index contributed by atoms with van der Waals surface area (Å²) in [6.07, 6.45) is 1.95. The Labute approximate surface area is 184 Å². The van der Waals surface area contributed by atoms with Gasteiger partial charge in [-0.15, -0.1) is 0 Å². The molecular formula is C28H27N3. The largest absolute Gasteiger partial charge is 0.313 e. The van der Waals surface area contributed by atoms with Crippen molar-refractivity contribution >= 4 is 11.4 Å². The third-order valence-electron chi connectivity index (χ3n) is 5.88. The average Bonchev–Trinajstić information content (AvgIpc) is 3.17. The lowest BCUT2D eigenvalue weighted by atomic mass is 9.76. The maximum Gasteiger partial charge on any atom is 0.0703 e. The van der Waals surface area contributed by atoms with Crippen molar-refractivity contribution in [1.82, 2.24) is 4.57 Å². The van der Waals surface area contributed by atoms with Gasteiger partial charge in [0, 0.05) is 16.9 Å². The van der Waals surface area contributed by atoms with Gasteiger partial charge in [-0.05, 0) is 54.2 Å². The molecule has 0 amide bonds. The Morgan fingerprint density at radius 3 is 2.06 bits per heavy atom. The molecule has 1 N–H and O–H groups in total. The van der Waals surface area contributed by atoms with E-state index in [1.54, 1.807) is 0 Å². The van der Waals surface area contributed by atoms with Crippen LogP contribution in [-0.2, 0) is 6.42 Å². The van der Waals surface area contributed by atoms with E-state index in [1.165, 1.54) is 28.2 Å². The van der Waals surface area contributed by atoms with Gasteiger partial charge in [0.15, 0.2) is 0 Å². The summed E-state index contributed by atoms with van der Waals surface area (Å²) >= 11 is 0. The fourth-order valence-corrected chi connectivity index (χ4v) is 4.48. The first kappa shape index (κ1) is 19.4. The normalized spacial score (nSPS) is 16.1. The van der Waals surface area contributed by atoms with E-state index in [-0.39, 0.29) is 5.41 Å². The van der Waals surface area contributed by atoms with Gasteiger partial charge in [-0.3, -0.25) is 5.43 Å². The lowest BCUT2D eigenvalue weighted by Crippen LogP contribution is -2.29. The summed E-state index contributed by atoms with van der Waals surface area (Å²) in [6.45, 7) is 4.66. The van der Waals surface area contributed by atoms with Crippen LogP contribution in [0.5, 0.6) is 0 Å². The number of anilines is 1. The Morgan fingerprint density at radius 1 is 0.774 bits per heavy atom. The van der Waals surface area contributed by atoms with Crippen molar-refractivity contribution in [2.24, 2.45) is 10.5 Å². The fraction of sp³-hybridized carbons (Fsp3) is 0.179. The molecule has 31 heavy (non-hydrogen) atoms. The van der Waals surface area contributed by atoms with Gasteiger partial charge in [-0.1, -0.05) is 80.6 Å². The van der Waals surface area contributed by atoms with Crippen LogP contribution in [0.2, 0.25) is 0 Å². The topological polar surface area (TPSA) is 29.3 Å². The van der Waals surface area contributed by atoms with E-state index in [9.17, 15) is 0 Å². The molecule has 0 saturated carbocycles. The van der Waals surface area contributed by atoms with Gasteiger partial charge in [0.05, 0.1) is 17.1 Å². The minimum atomic E-state index is 0.128. The number of hydrogen-bond donors (Lipinski definition) is 1. The third-order valence-corrected chi connectivity index (χ3v) is 5.88. The molecule has 4 aromatic rings. The first-order chi connectivity index (χ1) is 15.1. The van der Waals surface area contributed by atoms with Crippen LogP contribution >= 0.6 is 0 Å². The van der Waals surface area contributed by atoms with E-state index >= 15 is 0 Å². The van der Waals surface area contributed by atoms with Crippen LogP contribution in [0.4, 0.5) is 5.69 Å². The van der Waals surface area contributed by atoms with Gasteiger partial charge in [0.1, 0.15) is 0 Å². The highest BCUT2D eigenvalue weighted by atomic mass is 15.3. The minimum absolute atomic E-state index is 0.128. The van der Waals surface area contributed by atoms with Crippen LogP contribution in [0.15, 0.2) is 102 Å². The standard InChI is InChI=1S/C28H27N3/c1-28(2)19-25(30-29-22-14-8-4-9-15-22)24-18-26(21-12-6-3-7-13-21)31(27(24)20-28)23-16-10-5-11-17-23/h3-18,29H,19-20H2,1-2H3/b30-25+. The second-order valence-electron chi connectivity index (χ2n) is 8.98. The van der Waals surface area contributed by atoms with Gasteiger partial charge in [0.2, 0.25) is 0 Å². The molecule has 0 unspecified atom stereocenters. The maximum absolute atomic E-state index is 4.89. The van der Waals surface area contributed by atoms with Crippen LogP contribution < -0.4 is 5.43 Å². The van der Waals surface area contributed by atoms with Crippen molar-refractivity contribution in [3.8, 4) is 16.9 Å². The number of rotatable bonds is 4. The van der Waals surface area contributed by atoms with Crippen LogP contribution in [-0.4, -0.2) is 10.3 Å². The fourth-order valence-electron chi connectivity index (χ4n) is 4.48. The lowest BCUT2D eigenvalue weighted by Gasteiger charge is -2.32. The first-order valence-corrected chi connectivity index (χ1v) is 10.8. The van der Waals surface area contributed by atoms with Crippen LogP contribution in [0.25, 0.3) is 16.9 Å². The molecule has 0 aliphatic heterocycles. The number of nitrogens with zero attached hydrogens (tertiary/aromatic N) is 2. The van der Waals surface area contributed by atoms with E-state index in [0.717, 1.165) is 24.2 Å². The quantitative estimate of drug-likeness (QED) is 0.366. The van der Waals surface area contributed by atoms with E-state index in [2.05, 4.69) is 90.6 Å². The SMILES string of the molecule is CC1(C)C/C(=N\Nc2ccccc2)c2cc(-c3ccccc3)n(-c3ccccc3)c2C1. The van der Waals surface area contributed by atoms with Gasteiger partial charge >= 0.3 is 0 Å². The van der Waals surface area contributed by atoms with Crippen molar-refractivity contribution in [2.75, 3.05) is 5.43 Å². The monoisotopic (exact) mass is 405 g/mol. The highest BCUT2D eigenvalue weighted by Gasteiger charge is 2.34. The Bertz CT molecular complexity index is 1200. The lowest BCUT2D eigenvalue weighted by molar-refractivity contribution is 0.366. The second-order valence-corrected chi connectivity index (χ2v) is 8.98. The zero-order valence-electron chi connectivity index (χ0n) is 18.0. The molecule has 5 rings (SSSR count). The Balaban J connectivity index is 1.69. The molecule has 1 aromatic heterocycles. The molecule has 3 heteroatoms. The number of hydrogen-bond acceptors (Lipinski definition) is 2. The summed E-state index contributed by atoms with van der Waals surface area (Å²) in [7, 11) is 0. The molecule has 0 saturated heterocycles. The van der Waals surface area contributed by atoms with Crippen LogP contribution in [0, 0.1) is 5.41 Å². The van der Waals surface area contributed by atoms with Crippen molar-refractivity contribution in [3.05, 3.63) is 108 Å². The summed E-state index contributed by atoms with van der Waals surface area (Å²) in [6, 6.07) is 33.8. The molecular weight excluding hydrogens is 378 g/mol. The molecule has 1 heterocycles. The zero-order chi connectivity index (χ0) is 21.3. The molecule has 1 aliphatic rings. The Kier molecular flexibility index (Phi) is 4.95. The van der Waals surface area contributed by atoms with Gasteiger partial charge in [-0.2, -0.15) is 5.10 Å². The summed E-state index contributed by atoms with van der Waals surface area (Å²) in [5, 5.41) is 4.89. The van der Waals surface area contributed by atoms with Crippen molar-refractivity contribution in [2.45, 2.75) is 26.7 Å². The Morgan fingerprint density at radius 2 is 1.39 bits per heavy atom. The number of fused-ring (bicyclic) bond motifs is 1. The second kappa shape index (κ2) is 7.92. The highest BCUT2D eigenvalue weighted by molar-refractivity contribution is 6.04. The molecule has 1 aliphatic carbocycles. The van der Waals surface area contributed by atoms with E-state index in [4.69, 9.17) is 5.10 Å². The zero-order valence-corrected chi connectivity index (χ0v) is 18.0. The molecule has 154 valence electrons. The molecule has 3 aromatic carbocycles. The summed E-state index contributed by atoms with van der Waals surface area (Å²) < 4.78 is 2.42. The van der Waals surface area contributed by atoms with Gasteiger partial charge in [0.25, 0.3) is 0 Å². The van der Waals surface area contributed by atoms with Crippen LogP contribution in [0.1, 0.15) is 31.5 Å². The average molecular weight is 406 g/mol. The number of nitrogens with one attached hydrogen (secondary N) is 1. The molecule has 0 radical (unpaired) electrons. The van der Waals surface area contributed by atoms with Gasteiger partial charge < -0.3 is 4.57 Å². The van der Waals surface area contributed by atoms with Gasteiger partial charge in [-0.25, -0.2) is 0 Å². The van der Waals surface area contributed by atoms with E-state index in [0.29, 0.717) is 0 Å². The number of aromatic nitrogens is 1. The van der Waals surface area contributed by atoms with Crippen molar-refractivity contribution < 1.29 is 0 Å². The number of benzene rings is 3. The minimum Gasteiger partial charge on any atom is -0.313 e. The van der Waals surface area contributed by atoms with E-state index in [1.807, 2.05) is 30.3 Å². The van der Waals surface area contributed by atoms with Crippen molar-refractivity contribution in [3.63, 3.8) is 0 Å². The number of para-hydroxylation sites is 2. The summed E-state index contributed by atoms with van der Waals surface area (Å²) in [4.78, 5) is 0. The highest BCUT2D eigenvalue weighted by Crippen LogP contribution is 2.40. The molecule has 0 bridgehead atoms. The maximum atomic E-state index is 4.89. The van der Waals surface area contributed by atoms with Crippen LogP contribution in [0.3, 0.4) is 0 Å². The molecule has 3 nitrogen and oxygen atoms in total.